The predicted octanol–water partition coefficient (Wildman–Crippen LogP) is 3.68. The SMILES string of the molecule is CCNC(=NCc1nc(C)c(C)s1)NCC(C)c1cccs1. The van der Waals surface area contributed by atoms with Gasteiger partial charge in [0.1, 0.15) is 5.01 Å². The van der Waals surface area contributed by atoms with Crippen molar-refractivity contribution in [1.29, 1.82) is 0 Å². The lowest BCUT2D eigenvalue weighted by atomic mass is 10.1. The Labute approximate surface area is 140 Å². The largest absolute Gasteiger partial charge is 0.357 e. The Morgan fingerprint density at radius 3 is 2.77 bits per heavy atom. The number of aliphatic imine (C=N–C) groups is 1. The van der Waals surface area contributed by atoms with Crippen LogP contribution in [0.5, 0.6) is 0 Å². The first kappa shape index (κ1) is 17.0. The van der Waals surface area contributed by atoms with Crippen LogP contribution in [-0.2, 0) is 6.54 Å². The van der Waals surface area contributed by atoms with E-state index >= 15 is 0 Å². The number of hydrogen-bond donors (Lipinski definition) is 2. The van der Waals surface area contributed by atoms with Crippen LogP contribution >= 0.6 is 22.7 Å². The molecule has 2 aromatic rings. The Morgan fingerprint density at radius 2 is 2.18 bits per heavy atom. The Hall–Kier alpha value is -1.40. The third kappa shape index (κ3) is 4.81. The number of aromatic nitrogens is 1. The minimum atomic E-state index is 0.480. The van der Waals surface area contributed by atoms with E-state index in [4.69, 9.17) is 0 Å². The molecular formula is C16H24N4S2. The van der Waals surface area contributed by atoms with Crippen molar-refractivity contribution >= 4 is 28.6 Å². The van der Waals surface area contributed by atoms with E-state index < -0.39 is 0 Å². The molecule has 6 heteroatoms. The van der Waals surface area contributed by atoms with E-state index in [-0.39, 0.29) is 0 Å². The van der Waals surface area contributed by atoms with Gasteiger partial charge in [-0.05, 0) is 32.2 Å². The maximum atomic E-state index is 4.64. The highest BCUT2D eigenvalue weighted by atomic mass is 32.1. The van der Waals surface area contributed by atoms with Crippen LogP contribution in [0.3, 0.4) is 0 Å². The first-order valence-corrected chi connectivity index (χ1v) is 9.28. The average Bonchev–Trinajstić information content (AvgIpc) is 3.12. The molecule has 2 aromatic heterocycles. The molecule has 1 atom stereocenters. The van der Waals surface area contributed by atoms with Crippen LogP contribution in [0.4, 0.5) is 0 Å². The molecule has 0 amide bonds. The second kappa shape index (κ2) is 8.29. The molecule has 0 aliphatic heterocycles. The molecule has 2 rings (SSSR count). The van der Waals surface area contributed by atoms with Crippen LogP contribution in [0.1, 0.15) is 40.2 Å². The van der Waals surface area contributed by atoms with Gasteiger partial charge in [0, 0.05) is 28.8 Å². The van der Waals surface area contributed by atoms with E-state index in [1.54, 1.807) is 22.7 Å². The average molecular weight is 337 g/mol. The third-order valence-corrected chi connectivity index (χ3v) is 5.56. The summed E-state index contributed by atoms with van der Waals surface area (Å²) in [6, 6.07) is 4.28. The summed E-state index contributed by atoms with van der Waals surface area (Å²) in [5, 5.41) is 9.91. The number of guanidine groups is 1. The summed E-state index contributed by atoms with van der Waals surface area (Å²) < 4.78 is 0. The van der Waals surface area contributed by atoms with Gasteiger partial charge in [-0.3, -0.25) is 0 Å². The monoisotopic (exact) mass is 336 g/mol. The van der Waals surface area contributed by atoms with Crippen LogP contribution < -0.4 is 10.6 Å². The van der Waals surface area contributed by atoms with Crippen molar-refractivity contribution in [2.24, 2.45) is 4.99 Å². The predicted molar refractivity (Wildman–Crippen MR) is 97.1 cm³/mol. The lowest BCUT2D eigenvalue weighted by molar-refractivity contribution is 0.709. The van der Waals surface area contributed by atoms with Crippen molar-refractivity contribution in [3.63, 3.8) is 0 Å². The zero-order valence-corrected chi connectivity index (χ0v) is 15.3. The van der Waals surface area contributed by atoms with Crippen molar-refractivity contribution in [2.75, 3.05) is 13.1 Å². The highest BCUT2D eigenvalue weighted by Gasteiger charge is 2.08. The fourth-order valence-electron chi connectivity index (χ4n) is 2.02. The fourth-order valence-corrected chi connectivity index (χ4v) is 3.66. The van der Waals surface area contributed by atoms with Gasteiger partial charge in [0.2, 0.25) is 0 Å². The van der Waals surface area contributed by atoms with Crippen molar-refractivity contribution in [2.45, 2.75) is 40.2 Å². The van der Waals surface area contributed by atoms with Crippen molar-refractivity contribution in [1.82, 2.24) is 15.6 Å². The van der Waals surface area contributed by atoms with E-state index in [9.17, 15) is 0 Å². The molecule has 4 nitrogen and oxygen atoms in total. The standard InChI is InChI=1S/C16H24N4S2/c1-5-17-16(18-9-11(2)14-7-6-8-21-14)19-10-15-20-12(3)13(4)22-15/h6-8,11H,5,9-10H2,1-4H3,(H2,17,18,19). The van der Waals surface area contributed by atoms with Crippen molar-refractivity contribution < 1.29 is 0 Å². The number of nitrogens with one attached hydrogen (secondary N) is 2. The molecule has 2 N–H and O–H groups in total. The fraction of sp³-hybridized carbons (Fsp3) is 0.500. The van der Waals surface area contributed by atoms with Crippen LogP contribution in [0.2, 0.25) is 0 Å². The summed E-state index contributed by atoms with van der Waals surface area (Å²) in [5.41, 5.74) is 1.11. The van der Waals surface area contributed by atoms with Crippen LogP contribution in [-0.4, -0.2) is 24.0 Å². The molecule has 0 fully saturated rings. The summed E-state index contributed by atoms with van der Waals surface area (Å²) in [6.45, 7) is 10.8. The summed E-state index contributed by atoms with van der Waals surface area (Å²) in [4.78, 5) is 11.8. The lowest BCUT2D eigenvalue weighted by Crippen LogP contribution is -2.39. The molecule has 0 aliphatic carbocycles. The molecule has 22 heavy (non-hydrogen) atoms. The van der Waals surface area contributed by atoms with Gasteiger partial charge in [0.15, 0.2) is 5.96 Å². The molecule has 2 heterocycles. The number of thiophene rings is 1. The van der Waals surface area contributed by atoms with Crippen molar-refractivity contribution in [3.05, 3.63) is 38.0 Å². The first-order valence-electron chi connectivity index (χ1n) is 7.58. The minimum Gasteiger partial charge on any atom is -0.357 e. The maximum absolute atomic E-state index is 4.64. The minimum absolute atomic E-state index is 0.480. The van der Waals surface area contributed by atoms with E-state index in [0.717, 1.165) is 29.8 Å². The number of thiazole rings is 1. The zero-order valence-electron chi connectivity index (χ0n) is 13.6. The topological polar surface area (TPSA) is 49.3 Å². The second-order valence-corrected chi connectivity index (χ2v) is 7.51. The molecule has 0 spiro atoms. The van der Waals surface area contributed by atoms with Gasteiger partial charge in [-0.25, -0.2) is 9.98 Å². The van der Waals surface area contributed by atoms with Gasteiger partial charge in [0.25, 0.3) is 0 Å². The van der Waals surface area contributed by atoms with E-state index in [1.165, 1.54) is 9.75 Å². The van der Waals surface area contributed by atoms with Crippen LogP contribution in [0, 0.1) is 13.8 Å². The quantitative estimate of drug-likeness (QED) is 0.625. The Balaban J connectivity index is 1.92. The molecule has 0 bridgehead atoms. The van der Waals surface area contributed by atoms with Gasteiger partial charge in [-0.15, -0.1) is 22.7 Å². The molecule has 0 aliphatic rings. The van der Waals surface area contributed by atoms with Gasteiger partial charge in [-0.2, -0.15) is 0 Å². The molecule has 0 radical (unpaired) electrons. The number of hydrogen-bond acceptors (Lipinski definition) is 4. The molecule has 120 valence electrons. The van der Waals surface area contributed by atoms with E-state index in [1.807, 2.05) is 6.92 Å². The zero-order chi connectivity index (χ0) is 15.9. The summed E-state index contributed by atoms with van der Waals surface area (Å²) in [5.74, 6) is 1.34. The van der Waals surface area contributed by atoms with Gasteiger partial charge >= 0.3 is 0 Å². The van der Waals surface area contributed by atoms with Gasteiger partial charge in [-0.1, -0.05) is 13.0 Å². The molecule has 1 unspecified atom stereocenters. The Bertz CT molecular complexity index is 582. The summed E-state index contributed by atoms with van der Waals surface area (Å²) in [7, 11) is 0. The van der Waals surface area contributed by atoms with Crippen LogP contribution in [0.15, 0.2) is 22.5 Å². The number of aryl methyl sites for hydroxylation is 2. The van der Waals surface area contributed by atoms with Gasteiger partial charge in [0.05, 0.1) is 12.2 Å². The first-order chi connectivity index (χ1) is 10.6. The smallest absolute Gasteiger partial charge is 0.191 e. The van der Waals surface area contributed by atoms with Crippen molar-refractivity contribution in [3.8, 4) is 0 Å². The third-order valence-electron chi connectivity index (χ3n) is 3.39. The van der Waals surface area contributed by atoms with E-state index in [0.29, 0.717) is 12.5 Å². The Kier molecular flexibility index (Phi) is 6.39. The Morgan fingerprint density at radius 1 is 1.36 bits per heavy atom. The summed E-state index contributed by atoms with van der Waals surface area (Å²) >= 11 is 3.53. The molecule has 0 aromatic carbocycles. The van der Waals surface area contributed by atoms with E-state index in [2.05, 4.69) is 58.9 Å². The molecule has 0 saturated heterocycles. The molecule has 0 saturated carbocycles. The number of rotatable bonds is 6. The highest BCUT2D eigenvalue weighted by Crippen LogP contribution is 2.19. The normalized spacial score (nSPS) is 13.2. The second-order valence-electron chi connectivity index (χ2n) is 5.24. The highest BCUT2D eigenvalue weighted by molar-refractivity contribution is 7.11. The van der Waals surface area contributed by atoms with Crippen LogP contribution in [0.25, 0.3) is 0 Å². The number of nitrogens with zero attached hydrogens (tertiary/aromatic N) is 2. The molecular weight excluding hydrogens is 312 g/mol. The van der Waals surface area contributed by atoms with Gasteiger partial charge < -0.3 is 10.6 Å². The maximum Gasteiger partial charge on any atom is 0.191 e. The lowest BCUT2D eigenvalue weighted by Gasteiger charge is -2.14. The summed E-state index contributed by atoms with van der Waals surface area (Å²) in [6.07, 6.45) is 0.